The summed E-state index contributed by atoms with van der Waals surface area (Å²) in [4.78, 5) is 21.8. The molecule has 0 amide bonds. The Morgan fingerprint density at radius 2 is 1.95 bits per heavy atom. The summed E-state index contributed by atoms with van der Waals surface area (Å²) in [6, 6.07) is 4.15. The van der Waals surface area contributed by atoms with Gasteiger partial charge in [-0.1, -0.05) is 6.07 Å². The van der Waals surface area contributed by atoms with Crippen molar-refractivity contribution in [2.24, 2.45) is 0 Å². The summed E-state index contributed by atoms with van der Waals surface area (Å²) in [5.74, 6) is -1.70. The van der Waals surface area contributed by atoms with E-state index in [1.807, 2.05) is 0 Å². The summed E-state index contributed by atoms with van der Waals surface area (Å²) in [6.07, 6.45) is -2.92. The molecule has 19 heavy (non-hydrogen) atoms. The van der Waals surface area contributed by atoms with Crippen molar-refractivity contribution in [2.45, 2.75) is 25.6 Å². The van der Waals surface area contributed by atoms with Crippen LogP contribution in [0.1, 0.15) is 34.0 Å². The number of carboxylic acid groups (broad SMARTS) is 1. The Labute approximate surface area is 110 Å². The van der Waals surface area contributed by atoms with Gasteiger partial charge in [-0.2, -0.15) is 0 Å². The summed E-state index contributed by atoms with van der Waals surface area (Å²) in [5, 5.41) is 28.5. The van der Waals surface area contributed by atoms with Crippen molar-refractivity contribution in [3.8, 4) is 0 Å². The van der Waals surface area contributed by atoms with Crippen molar-refractivity contribution in [2.75, 3.05) is 7.11 Å². The third-order valence-electron chi connectivity index (χ3n) is 2.80. The fourth-order valence-corrected chi connectivity index (χ4v) is 1.71. The van der Waals surface area contributed by atoms with E-state index in [0.29, 0.717) is 11.1 Å². The predicted octanol–water partition coefficient (Wildman–Crippen LogP) is 0.651. The van der Waals surface area contributed by atoms with Crippen LogP contribution in [0.4, 0.5) is 0 Å². The molecule has 1 aromatic carbocycles. The molecule has 0 saturated heterocycles. The van der Waals surface area contributed by atoms with E-state index in [2.05, 4.69) is 4.74 Å². The number of carbonyl (C=O) groups is 2. The van der Waals surface area contributed by atoms with Crippen LogP contribution in [0.5, 0.6) is 0 Å². The number of ether oxygens (including phenoxy) is 1. The zero-order valence-electron chi connectivity index (χ0n) is 10.7. The molecule has 3 N–H and O–H groups in total. The maximum atomic E-state index is 11.0. The molecule has 0 aliphatic rings. The summed E-state index contributed by atoms with van der Waals surface area (Å²) in [5.41, 5.74) is 0.994. The van der Waals surface area contributed by atoms with Gasteiger partial charge in [-0.05, 0) is 30.2 Å². The molecule has 0 spiro atoms. The third kappa shape index (κ3) is 3.77. The van der Waals surface area contributed by atoms with E-state index >= 15 is 0 Å². The van der Waals surface area contributed by atoms with E-state index in [4.69, 9.17) is 5.11 Å². The van der Waals surface area contributed by atoms with Crippen LogP contribution in [0.15, 0.2) is 18.2 Å². The molecule has 0 saturated carbocycles. The van der Waals surface area contributed by atoms with Crippen molar-refractivity contribution in [1.82, 2.24) is 0 Å². The highest BCUT2D eigenvalue weighted by atomic mass is 16.5. The van der Waals surface area contributed by atoms with E-state index in [0.717, 1.165) is 0 Å². The van der Waals surface area contributed by atoms with Gasteiger partial charge in [0.2, 0.25) is 0 Å². The van der Waals surface area contributed by atoms with Gasteiger partial charge in [-0.3, -0.25) is 4.79 Å². The second-order valence-electron chi connectivity index (χ2n) is 4.17. The minimum absolute atomic E-state index is 0.0934. The zero-order chi connectivity index (χ0) is 14.6. The second-order valence-corrected chi connectivity index (χ2v) is 4.17. The van der Waals surface area contributed by atoms with Gasteiger partial charge in [0, 0.05) is 0 Å². The minimum atomic E-state index is -1.30. The number of carboxylic acids is 1. The second kappa shape index (κ2) is 6.31. The Morgan fingerprint density at radius 1 is 1.32 bits per heavy atom. The molecular formula is C13H16O6. The highest BCUT2D eigenvalue weighted by Gasteiger charge is 2.23. The lowest BCUT2D eigenvalue weighted by Gasteiger charge is -2.19. The average Bonchev–Trinajstić information content (AvgIpc) is 2.37. The summed E-state index contributed by atoms with van der Waals surface area (Å²) in [6.45, 7) is 1.62. The Hall–Kier alpha value is -1.92. The van der Waals surface area contributed by atoms with Gasteiger partial charge in [0.15, 0.2) is 0 Å². The van der Waals surface area contributed by atoms with E-state index in [-0.39, 0.29) is 12.0 Å². The number of aliphatic hydroxyl groups is 2. The lowest BCUT2D eigenvalue weighted by molar-refractivity contribution is -0.144. The van der Waals surface area contributed by atoms with E-state index in [1.54, 1.807) is 6.92 Å². The molecule has 0 fully saturated rings. The number of aryl methyl sites for hydroxylation is 1. The number of benzene rings is 1. The normalized spacial score (nSPS) is 13.7. The Kier molecular flexibility index (Phi) is 5.02. The van der Waals surface area contributed by atoms with Gasteiger partial charge in [-0.25, -0.2) is 4.79 Å². The molecule has 1 aromatic rings. The first-order valence-electron chi connectivity index (χ1n) is 5.63. The maximum Gasteiger partial charge on any atom is 0.335 e. The van der Waals surface area contributed by atoms with E-state index in [9.17, 15) is 19.8 Å². The standard InChI is InChI=1S/C13H16O6/c1-7-5-8(13(17)18)3-4-9(7)12(16)10(14)6-11(15)19-2/h3-5,10,12,14,16H,6H2,1-2H3,(H,17,18). The molecule has 0 radical (unpaired) electrons. The largest absolute Gasteiger partial charge is 0.478 e. The predicted molar refractivity (Wildman–Crippen MR) is 65.7 cm³/mol. The van der Waals surface area contributed by atoms with Crippen molar-refractivity contribution >= 4 is 11.9 Å². The number of rotatable bonds is 5. The summed E-state index contributed by atoms with van der Waals surface area (Å²) >= 11 is 0. The number of hydrogen-bond donors (Lipinski definition) is 3. The topological polar surface area (TPSA) is 104 Å². The number of aromatic carboxylic acids is 1. The first-order valence-corrected chi connectivity index (χ1v) is 5.63. The number of carbonyl (C=O) groups excluding carboxylic acids is 1. The Balaban J connectivity index is 2.90. The smallest absolute Gasteiger partial charge is 0.335 e. The fourth-order valence-electron chi connectivity index (χ4n) is 1.71. The van der Waals surface area contributed by atoms with Crippen LogP contribution in [-0.2, 0) is 9.53 Å². The van der Waals surface area contributed by atoms with Crippen LogP contribution in [-0.4, -0.2) is 40.5 Å². The summed E-state index contributed by atoms with van der Waals surface area (Å²) < 4.78 is 4.40. The average molecular weight is 268 g/mol. The van der Waals surface area contributed by atoms with Gasteiger partial charge in [0.05, 0.1) is 25.2 Å². The van der Waals surface area contributed by atoms with Gasteiger partial charge < -0.3 is 20.1 Å². The molecule has 1 rings (SSSR count). The number of methoxy groups -OCH3 is 1. The monoisotopic (exact) mass is 268 g/mol. The van der Waals surface area contributed by atoms with Gasteiger partial charge in [-0.15, -0.1) is 0 Å². The Bertz CT molecular complexity index is 482. The molecule has 6 heteroatoms. The molecule has 2 unspecified atom stereocenters. The van der Waals surface area contributed by atoms with E-state index < -0.39 is 24.1 Å². The lowest BCUT2D eigenvalue weighted by Crippen LogP contribution is -2.23. The van der Waals surface area contributed by atoms with Gasteiger partial charge in [0.1, 0.15) is 6.10 Å². The van der Waals surface area contributed by atoms with Crippen molar-refractivity contribution in [3.63, 3.8) is 0 Å². The van der Waals surface area contributed by atoms with Gasteiger partial charge >= 0.3 is 11.9 Å². The number of esters is 1. The first-order chi connectivity index (χ1) is 8.86. The quantitative estimate of drug-likeness (QED) is 0.677. The van der Waals surface area contributed by atoms with Crippen LogP contribution >= 0.6 is 0 Å². The highest BCUT2D eigenvalue weighted by Crippen LogP contribution is 2.23. The van der Waals surface area contributed by atoms with Crippen molar-refractivity contribution in [1.29, 1.82) is 0 Å². The summed E-state index contributed by atoms with van der Waals surface area (Å²) in [7, 11) is 1.19. The number of aliphatic hydroxyl groups excluding tert-OH is 2. The third-order valence-corrected chi connectivity index (χ3v) is 2.80. The highest BCUT2D eigenvalue weighted by molar-refractivity contribution is 5.87. The molecule has 0 aliphatic heterocycles. The lowest BCUT2D eigenvalue weighted by atomic mass is 9.96. The molecule has 2 atom stereocenters. The molecule has 0 bridgehead atoms. The number of hydrogen-bond acceptors (Lipinski definition) is 5. The van der Waals surface area contributed by atoms with Crippen LogP contribution in [0, 0.1) is 6.92 Å². The molecule has 104 valence electrons. The van der Waals surface area contributed by atoms with Crippen LogP contribution in [0.3, 0.4) is 0 Å². The van der Waals surface area contributed by atoms with Crippen LogP contribution < -0.4 is 0 Å². The van der Waals surface area contributed by atoms with Crippen molar-refractivity contribution < 1.29 is 29.6 Å². The first kappa shape index (κ1) is 15.1. The van der Waals surface area contributed by atoms with Crippen LogP contribution in [0.25, 0.3) is 0 Å². The SMILES string of the molecule is COC(=O)CC(O)C(O)c1ccc(C(=O)O)cc1C. The molecule has 0 aromatic heterocycles. The fraction of sp³-hybridized carbons (Fsp3) is 0.385. The zero-order valence-corrected chi connectivity index (χ0v) is 10.7. The molecule has 6 nitrogen and oxygen atoms in total. The van der Waals surface area contributed by atoms with Crippen LogP contribution in [0.2, 0.25) is 0 Å². The maximum absolute atomic E-state index is 11.0. The Morgan fingerprint density at radius 3 is 2.42 bits per heavy atom. The van der Waals surface area contributed by atoms with Gasteiger partial charge in [0.25, 0.3) is 0 Å². The minimum Gasteiger partial charge on any atom is -0.478 e. The molecule has 0 aliphatic carbocycles. The molecular weight excluding hydrogens is 252 g/mol. The molecule has 0 heterocycles. The van der Waals surface area contributed by atoms with E-state index in [1.165, 1.54) is 25.3 Å². The van der Waals surface area contributed by atoms with Crippen molar-refractivity contribution in [3.05, 3.63) is 34.9 Å².